The summed E-state index contributed by atoms with van der Waals surface area (Å²) in [5, 5.41) is 0.890. The minimum Gasteiger partial charge on any atom is -0.0824 e. The van der Waals surface area contributed by atoms with E-state index in [1.165, 1.54) is 12.1 Å². The highest BCUT2D eigenvalue weighted by atomic mass is 35.5. The van der Waals surface area contributed by atoms with Crippen LogP contribution >= 0.6 is 34.8 Å². The van der Waals surface area contributed by atoms with Gasteiger partial charge in [-0.25, -0.2) is 0 Å². The lowest BCUT2D eigenvalue weighted by Gasteiger charge is -1.93. The Morgan fingerprint density at radius 1 is 1.09 bits per heavy atom. The molecule has 0 aromatic heterocycles. The molecular weight excluding hydrogens is 226 g/mol. The van der Waals surface area contributed by atoms with E-state index >= 15 is 0 Å². The zero-order chi connectivity index (χ0) is 8.43. The standard InChI is InChI=1S/C6H2Cl3OS/c7-4-1-3(11-10)2-5(8)6(4)9/h1-2H/q+1. The lowest BCUT2D eigenvalue weighted by molar-refractivity contribution is 0.605. The third-order valence-corrected chi connectivity index (χ3v) is 2.68. The third kappa shape index (κ3) is 2.03. The predicted octanol–water partition coefficient (Wildman–Crippen LogP) is 3.43. The van der Waals surface area contributed by atoms with Crippen LogP contribution in [0.1, 0.15) is 0 Å². The molecule has 1 nitrogen and oxygen atoms in total. The lowest BCUT2D eigenvalue weighted by atomic mass is 10.4. The van der Waals surface area contributed by atoms with Gasteiger partial charge in [-0.3, -0.25) is 0 Å². The highest BCUT2D eigenvalue weighted by molar-refractivity contribution is 7.65. The Balaban J connectivity index is 3.31. The van der Waals surface area contributed by atoms with E-state index in [2.05, 4.69) is 0 Å². The Hall–Kier alpha value is 0.110. The quantitative estimate of drug-likeness (QED) is 0.532. The van der Waals surface area contributed by atoms with Crippen molar-refractivity contribution in [2.24, 2.45) is 0 Å². The van der Waals surface area contributed by atoms with E-state index < -0.39 is 0 Å². The summed E-state index contributed by atoms with van der Waals surface area (Å²) in [7, 11) is 0. The normalized spacial score (nSPS) is 9.73. The van der Waals surface area contributed by atoms with Crippen molar-refractivity contribution in [3.63, 3.8) is 0 Å². The first-order valence-corrected chi connectivity index (χ1v) is 4.47. The van der Waals surface area contributed by atoms with Gasteiger partial charge in [-0.1, -0.05) is 34.8 Å². The van der Waals surface area contributed by atoms with Gasteiger partial charge in [-0.15, -0.1) is 0 Å². The van der Waals surface area contributed by atoms with Crippen molar-refractivity contribution in [3.8, 4) is 0 Å². The average molecular weight is 229 g/mol. The number of benzene rings is 1. The molecule has 0 atom stereocenters. The van der Waals surface area contributed by atoms with Crippen molar-refractivity contribution in [2.45, 2.75) is 4.90 Å². The van der Waals surface area contributed by atoms with Gasteiger partial charge in [-0.05, 0) is 0 Å². The second kappa shape index (κ2) is 3.68. The van der Waals surface area contributed by atoms with Crippen LogP contribution in [0.25, 0.3) is 0 Å². The molecule has 1 aromatic carbocycles. The van der Waals surface area contributed by atoms with Crippen molar-refractivity contribution in [3.05, 3.63) is 27.2 Å². The zero-order valence-corrected chi connectivity index (χ0v) is 8.19. The molecule has 0 heterocycles. The van der Waals surface area contributed by atoms with Crippen molar-refractivity contribution in [1.82, 2.24) is 0 Å². The molecular formula is C6H2Cl3OS+. The Labute approximate surface area is 82.7 Å². The number of hydrogen-bond acceptors (Lipinski definition) is 1. The van der Waals surface area contributed by atoms with Gasteiger partial charge in [0.1, 0.15) is 0 Å². The first-order valence-electron chi connectivity index (χ1n) is 2.59. The summed E-state index contributed by atoms with van der Waals surface area (Å²) >= 11 is 17.2. The molecule has 0 aliphatic carbocycles. The smallest absolute Gasteiger partial charge is 0.0824 e. The van der Waals surface area contributed by atoms with Gasteiger partial charge in [0.15, 0.2) is 0 Å². The summed E-state index contributed by atoms with van der Waals surface area (Å²) < 4.78 is 10.3. The summed E-state index contributed by atoms with van der Waals surface area (Å²) in [6, 6.07) is 2.96. The fraction of sp³-hybridized carbons (Fsp3) is 0. The first kappa shape index (κ1) is 9.20. The van der Waals surface area contributed by atoms with E-state index in [0.717, 1.165) is 0 Å². The van der Waals surface area contributed by atoms with Gasteiger partial charge in [0, 0.05) is 16.3 Å². The molecule has 1 rings (SSSR count). The lowest BCUT2D eigenvalue weighted by Crippen LogP contribution is -1.76. The van der Waals surface area contributed by atoms with Crippen LogP contribution in [0, 0.1) is 0 Å². The summed E-state index contributed by atoms with van der Waals surface area (Å²) in [6.07, 6.45) is 0. The predicted molar refractivity (Wildman–Crippen MR) is 47.8 cm³/mol. The Morgan fingerprint density at radius 3 is 1.91 bits per heavy atom. The van der Waals surface area contributed by atoms with Gasteiger partial charge in [0.25, 0.3) is 4.90 Å². The summed E-state index contributed by atoms with van der Waals surface area (Å²) in [4.78, 5) is 0.462. The third-order valence-electron chi connectivity index (χ3n) is 1.05. The Kier molecular flexibility index (Phi) is 3.07. The molecule has 11 heavy (non-hydrogen) atoms. The number of halogens is 3. The van der Waals surface area contributed by atoms with Crippen LogP contribution < -0.4 is 0 Å². The van der Waals surface area contributed by atoms with Gasteiger partial charge in [0.2, 0.25) is 0 Å². The van der Waals surface area contributed by atoms with Crippen molar-refractivity contribution in [2.75, 3.05) is 0 Å². The van der Waals surface area contributed by atoms with E-state index in [0.29, 0.717) is 26.6 Å². The highest BCUT2D eigenvalue weighted by Gasteiger charge is 2.13. The molecule has 0 N–H and O–H groups in total. The Bertz CT molecular complexity index is 277. The second-order valence-corrected chi connectivity index (χ2v) is 3.61. The maximum Gasteiger partial charge on any atom is 0.505 e. The monoisotopic (exact) mass is 227 g/mol. The fourth-order valence-corrected chi connectivity index (χ4v) is 1.64. The van der Waals surface area contributed by atoms with Crippen LogP contribution in [0.2, 0.25) is 15.1 Å². The molecule has 0 saturated heterocycles. The van der Waals surface area contributed by atoms with Gasteiger partial charge < -0.3 is 0 Å². The minimum absolute atomic E-state index is 0.283. The maximum absolute atomic E-state index is 10.3. The molecule has 0 spiro atoms. The fourth-order valence-electron chi connectivity index (χ4n) is 0.580. The largest absolute Gasteiger partial charge is 0.505 e. The Morgan fingerprint density at radius 2 is 1.55 bits per heavy atom. The van der Waals surface area contributed by atoms with E-state index in [9.17, 15) is 4.21 Å². The molecule has 0 unspecified atom stereocenters. The van der Waals surface area contributed by atoms with Crippen molar-refractivity contribution < 1.29 is 4.21 Å². The van der Waals surface area contributed by atoms with Gasteiger partial charge in [-0.2, -0.15) is 0 Å². The van der Waals surface area contributed by atoms with Crippen LogP contribution in [0.5, 0.6) is 0 Å². The number of rotatable bonds is 1. The zero-order valence-electron chi connectivity index (χ0n) is 5.11. The summed E-state index contributed by atoms with van der Waals surface area (Å²) in [6.45, 7) is 0. The minimum atomic E-state index is 0.283. The molecule has 5 heteroatoms. The van der Waals surface area contributed by atoms with E-state index in [1.54, 1.807) is 0 Å². The topological polar surface area (TPSA) is 17.1 Å². The number of hydrogen-bond donors (Lipinski definition) is 0. The molecule has 0 aliphatic heterocycles. The summed E-state index contributed by atoms with van der Waals surface area (Å²) in [5.74, 6) is 0. The van der Waals surface area contributed by atoms with Crippen LogP contribution in [0.15, 0.2) is 17.0 Å². The molecule has 0 fully saturated rings. The molecule has 0 saturated carbocycles. The molecule has 0 bridgehead atoms. The first-order chi connectivity index (χ1) is 5.15. The average Bonchev–Trinajstić information content (AvgIpc) is 1.99. The van der Waals surface area contributed by atoms with Crippen LogP contribution in [-0.4, -0.2) is 0 Å². The highest BCUT2D eigenvalue weighted by Crippen LogP contribution is 2.31. The van der Waals surface area contributed by atoms with Gasteiger partial charge >= 0.3 is 11.7 Å². The van der Waals surface area contributed by atoms with Crippen LogP contribution in [0.4, 0.5) is 0 Å². The van der Waals surface area contributed by atoms with Crippen molar-refractivity contribution >= 4 is 46.5 Å². The molecule has 58 valence electrons. The van der Waals surface area contributed by atoms with Crippen LogP contribution in [0.3, 0.4) is 0 Å². The van der Waals surface area contributed by atoms with Crippen molar-refractivity contribution in [1.29, 1.82) is 0 Å². The molecule has 0 radical (unpaired) electrons. The summed E-state index contributed by atoms with van der Waals surface area (Å²) in [5.41, 5.74) is 0. The van der Waals surface area contributed by atoms with E-state index in [1.807, 2.05) is 0 Å². The molecule has 1 aromatic rings. The van der Waals surface area contributed by atoms with E-state index in [-0.39, 0.29) is 5.02 Å². The SMILES string of the molecule is O=[S+]c1cc(Cl)c(Cl)c(Cl)c1. The molecule has 0 aliphatic rings. The maximum atomic E-state index is 10.3. The molecule has 0 amide bonds. The van der Waals surface area contributed by atoms with E-state index in [4.69, 9.17) is 34.8 Å². The second-order valence-electron chi connectivity index (χ2n) is 1.78. The van der Waals surface area contributed by atoms with Crippen LogP contribution in [-0.2, 0) is 15.9 Å². The van der Waals surface area contributed by atoms with Gasteiger partial charge in [0.05, 0.1) is 15.1 Å².